The fraction of sp³-hybridized carbons (Fsp3) is 0.0435. The van der Waals surface area contributed by atoms with Crippen LogP contribution in [-0.2, 0) is 0 Å². The first-order valence-electron chi connectivity index (χ1n) is 8.39. The van der Waals surface area contributed by atoms with Crippen LogP contribution in [0.4, 0.5) is 0 Å². The predicted octanol–water partition coefficient (Wildman–Crippen LogP) is 5.87. The zero-order valence-corrected chi connectivity index (χ0v) is 16.3. The maximum absolute atomic E-state index is 12.3. The smallest absolute Gasteiger partial charge is 0.343 e. The summed E-state index contributed by atoms with van der Waals surface area (Å²) in [5.41, 5.74) is 2.82. The Balaban J connectivity index is 1.77. The first kappa shape index (κ1) is 18.8. The van der Waals surface area contributed by atoms with E-state index in [2.05, 4.69) is 15.9 Å². The van der Waals surface area contributed by atoms with Crippen molar-refractivity contribution >= 4 is 33.8 Å². The SMILES string of the molecule is Cc1ccc(C(=O)C=Cc2ccccc2OC(=O)c2ccc(Br)cc2)cc1. The summed E-state index contributed by atoms with van der Waals surface area (Å²) in [6.45, 7) is 1.97. The molecule has 0 fully saturated rings. The average Bonchev–Trinajstić information content (AvgIpc) is 2.68. The van der Waals surface area contributed by atoms with E-state index in [1.165, 1.54) is 6.08 Å². The third-order valence-corrected chi connectivity index (χ3v) is 4.48. The van der Waals surface area contributed by atoms with Gasteiger partial charge in [-0.2, -0.15) is 0 Å². The Morgan fingerprint density at radius 1 is 0.852 bits per heavy atom. The maximum Gasteiger partial charge on any atom is 0.343 e. The van der Waals surface area contributed by atoms with Crippen molar-refractivity contribution in [2.24, 2.45) is 0 Å². The van der Waals surface area contributed by atoms with E-state index < -0.39 is 5.97 Å². The van der Waals surface area contributed by atoms with Gasteiger partial charge in [0.2, 0.25) is 0 Å². The molecule has 3 aromatic carbocycles. The third-order valence-electron chi connectivity index (χ3n) is 3.95. The highest BCUT2D eigenvalue weighted by atomic mass is 79.9. The summed E-state index contributed by atoms with van der Waals surface area (Å²) in [7, 11) is 0. The molecule has 0 N–H and O–H groups in total. The Kier molecular flexibility index (Phi) is 5.99. The van der Waals surface area contributed by atoms with Crippen LogP contribution in [0.3, 0.4) is 0 Å². The molecule has 0 aliphatic heterocycles. The minimum atomic E-state index is -0.451. The Hall–Kier alpha value is -2.98. The van der Waals surface area contributed by atoms with Crippen LogP contribution in [0.2, 0.25) is 0 Å². The molecule has 0 unspecified atom stereocenters. The number of hydrogen-bond donors (Lipinski definition) is 0. The Bertz CT molecular complexity index is 987. The van der Waals surface area contributed by atoms with Crippen LogP contribution in [0.25, 0.3) is 6.08 Å². The lowest BCUT2D eigenvalue weighted by Gasteiger charge is -2.07. The maximum atomic E-state index is 12.3. The first-order valence-corrected chi connectivity index (χ1v) is 9.18. The van der Waals surface area contributed by atoms with Crippen molar-refractivity contribution in [2.45, 2.75) is 6.92 Å². The summed E-state index contributed by atoms with van der Waals surface area (Å²) in [6.07, 6.45) is 3.14. The number of ether oxygens (including phenoxy) is 1. The van der Waals surface area contributed by atoms with E-state index in [-0.39, 0.29) is 5.78 Å². The van der Waals surface area contributed by atoms with Gasteiger partial charge in [-0.05, 0) is 49.4 Å². The van der Waals surface area contributed by atoms with E-state index in [1.54, 1.807) is 60.7 Å². The fourth-order valence-corrected chi connectivity index (χ4v) is 2.70. The number of ketones is 1. The largest absolute Gasteiger partial charge is 0.422 e. The molecule has 0 amide bonds. The van der Waals surface area contributed by atoms with E-state index in [0.29, 0.717) is 22.4 Å². The second-order valence-electron chi connectivity index (χ2n) is 6.00. The number of carbonyl (C=O) groups excluding carboxylic acids is 2. The lowest BCUT2D eigenvalue weighted by Crippen LogP contribution is -2.09. The first-order chi connectivity index (χ1) is 13.0. The second-order valence-corrected chi connectivity index (χ2v) is 6.91. The molecular weight excluding hydrogens is 404 g/mol. The van der Waals surface area contributed by atoms with E-state index in [4.69, 9.17) is 4.74 Å². The topological polar surface area (TPSA) is 43.4 Å². The Morgan fingerprint density at radius 2 is 1.48 bits per heavy atom. The zero-order chi connectivity index (χ0) is 19.2. The van der Waals surface area contributed by atoms with Gasteiger partial charge in [-0.3, -0.25) is 4.79 Å². The van der Waals surface area contributed by atoms with Gasteiger partial charge in [-0.15, -0.1) is 0 Å². The summed E-state index contributed by atoms with van der Waals surface area (Å²) in [5.74, 6) is -0.157. The molecule has 0 saturated carbocycles. The summed E-state index contributed by atoms with van der Waals surface area (Å²) < 4.78 is 6.39. The highest BCUT2D eigenvalue weighted by Gasteiger charge is 2.11. The van der Waals surface area contributed by atoms with Crippen molar-refractivity contribution in [1.29, 1.82) is 0 Å². The Morgan fingerprint density at radius 3 is 2.19 bits per heavy atom. The lowest BCUT2D eigenvalue weighted by molar-refractivity contribution is 0.0734. The van der Waals surface area contributed by atoms with Gasteiger partial charge in [0.05, 0.1) is 5.56 Å². The number of halogens is 1. The quantitative estimate of drug-likeness (QED) is 0.224. The molecule has 4 heteroatoms. The monoisotopic (exact) mass is 420 g/mol. The molecule has 0 aliphatic rings. The molecule has 0 radical (unpaired) electrons. The van der Waals surface area contributed by atoms with E-state index >= 15 is 0 Å². The van der Waals surface area contributed by atoms with E-state index in [0.717, 1.165) is 10.0 Å². The summed E-state index contributed by atoms with van der Waals surface area (Å²) in [6, 6.07) is 21.4. The van der Waals surface area contributed by atoms with Crippen molar-refractivity contribution in [3.05, 3.63) is 106 Å². The standard InChI is InChI=1S/C23H17BrO3/c1-16-6-8-17(9-7-16)21(25)15-12-18-4-2-3-5-22(18)27-23(26)19-10-13-20(24)14-11-19/h2-15H,1H3. The Labute approximate surface area is 166 Å². The van der Waals surface area contributed by atoms with Gasteiger partial charge >= 0.3 is 5.97 Å². The summed E-state index contributed by atoms with van der Waals surface area (Å²) in [5, 5.41) is 0. The molecule has 3 nitrogen and oxygen atoms in total. The van der Waals surface area contributed by atoms with Crippen LogP contribution in [0.15, 0.2) is 83.3 Å². The molecule has 0 saturated heterocycles. The average molecular weight is 421 g/mol. The molecule has 0 spiro atoms. The van der Waals surface area contributed by atoms with Gasteiger partial charge in [-0.1, -0.05) is 64.0 Å². The van der Waals surface area contributed by atoms with Gasteiger partial charge < -0.3 is 4.74 Å². The van der Waals surface area contributed by atoms with Gasteiger partial charge in [0.15, 0.2) is 5.78 Å². The summed E-state index contributed by atoms with van der Waals surface area (Å²) >= 11 is 3.34. The van der Waals surface area contributed by atoms with Crippen molar-refractivity contribution in [3.8, 4) is 5.75 Å². The van der Waals surface area contributed by atoms with Crippen LogP contribution in [-0.4, -0.2) is 11.8 Å². The molecular formula is C23H17BrO3. The van der Waals surface area contributed by atoms with Crippen molar-refractivity contribution in [3.63, 3.8) is 0 Å². The van der Waals surface area contributed by atoms with Gasteiger partial charge in [0, 0.05) is 15.6 Å². The normalized spacial score (nSPS) is 10.7. The number of hydrogen-bond acceptors (Lipinski definition) is 3. The zero-order valence-electron chi connectivity index (χ0n) is 14.7. The summed E-state index contributed by atoms with van der Waals surface area (Å²) in [4.78, 5) is 24.7. The van der Waals surface area contributed by atoms with Crippen molar-refractivity contribution < 1.29 is 14.3 Å². The second kappa shape index (κ2) is 8.60. The highest BCUT2D eigenvalue weighted by molar-refractivity contribution is 9.10. The highest BCUT2D eigenvalue weighted by Crippen LogP contribution is 2.22. The van der Waals surface area contributed by atoms with Crippen molar-refractivity contribution in [2.75, 3.05) is 0 Å². The van der Waals surface area contributed by atoms with Crippen LogP contribution >= 0.6 is 15.9 Å². The molecule has 0 aromatic heterocycles. The van der Waals surface area contributed by atoms with Crippen molar-refractivity contribution in [1.82, 2.24) is 0 Å². The van der Waals surface area contributed by atoms with Gasteiger partial charge in [-0.25, -0.2) is 4.79 Å². The molecule has 27 heavy (non-hydrogen) atoms. The van der Waals surface area contributed by atoms with E-state index in [1.807, 2.05) is 25.1 Å². The number of carbonyl (C=O) groups is 2. The number of para-hydroxylation sites is 1. The molecule has 0 atom stereocenters. The molecule has 0 heterocycles. The van der Waals surface area contributed by atoms with Crippen LogP contribution < -0.4 is 4.74 Å². The number of esters is 1. The van der Waals surface area contributed by atoms with Gasteiger partial charge in [0.1, 0.15) is 5.75 Å². The third kappa shape index (κ3) is 5.02. The molecule has 3 aromatic rings. The number of aryl methyl sites for hydroxylation is 1. The molecule has 0 aliphatic carbocycles. The van der Waals surface area contributed by atoms with Crippen LogP contribution in [0, 0.1) is 6.92 Å². The number of benzene rings is 3. The number of rotatable bonds is 5. The fourth-order valence-electron chi connectivity index (χ4n) is 2.44. The number of allylic oxidation sites excluding steroid dienone is 1. The minimum Gasteiger partial charge on any atom is -0.422 e. The predicted molar refractivity (Wildman–Crippen MR) is 110 cm³/mol. The van der Waals surface area contributed by atoms with Crippen LogP contribution in [0.5, 0.6) is 5.75 Å². The molecule has 134 valence electrons. The minimum absolute atomic E-state index is 0.107. The lowest BCUT2D eigenvalue weighted by atomic mass is 10.1. The molecule has 0 bridgehead atoms. The molecule has 3 rings (SSSR count). The van der Waals surface area contributed by atoms with Crippen LogP contribution in [0.1, 0.15) is 31.8 Å². The van der Waals surface area contributed by atoms with Gasteiger partial charge in [0.25, 0.3) is 0 Å². The van der Waals surface area contributed by atoms with E-state index in [9.17, 15) is 9.59 Å².